The molecule has 0 aliphatic rings. The molecule has 0 rings (SSSR count). The molecule has 0 atom stereocenters. The Morgan fingerprint density at radius 3 is 2.40 bits per heavy atom. The summed E-state index contributed by atoms with van der Waals surface area (Å²) in [6.07, 6.45) is 3.35. The Morgan fingerprint density at radius 2 is 2.40 bits per heavy atom. The summed E-state index contributed by atoms with van der Waals surface area (Å²) >= 11 is 1.28. The Balaban J connectivity index is 2.19. The Morgan fingerprint density at radius 1 is 1.80 bits per heavy atom. The molecule has 0 fully saturated rings. The first kappa shape index (κ1) is 5.28. The lowest BCUT2D eigenvalue weighted by Crippen LogP contribution is -1.71. The number of thioether (sulfide) groups is 1. The molecular weight excluding hydrogens is 87.1 g/mol. The number of halogens is 1. The third kappa shape index (κ3) is 4.28. The van der Waals surface area contributed by atoms with Gasteiger partial charge in [0.15, 0.2) is 0 Å². The highest BCUT2D eigenvalue weighted by Gasteiger charge is 1.71. The predicted octanol–water partition coefficient (Wildman–Crippen LogP) is 1.48. The van der Waals surface area contributed by atoms with E-state index in [1.807, 2.05) is 0 Å². The summed E-state index contributed by atoms with van der Waals surface area (Å²) in [5, 5.41) is 0. The third-order valence-corrected chi connectivity index (χ3v) is 0.664. The van der Waals surface area contributed by atoms with Crippen LogP contribution in [0.5, 0.6) is 0 Å². The highest BCUT2D eigenvalue weighted by molar-refractivity contribution is 8.00. The van der Waals surface area contributed by atoms with E-state index in [1.54, 1.807) is 0 Å². The van der Waals surface area contributed by atoms with Crippen LogP contribution in [0.25, 0.3) is 0 Å². The van der Waals surface area contributed by atoms with E-state index in [0.29, 0.717) is 5.75 Å². The van der Waals surface area contributed by atoms with Gasteiger partial charge in [0.05, 0.1) is 6.67 Å². The highest BCUT2D eigenvalue weighted by Crippen LogP contribution is 1.91. The van der Waals surface area contributed by atoms with Gasteiger partial charge in [-0.3, -0.25) is 4.39 Å². The van der Waals surface area contributed by atoms with Crippen LogP contribution in [0.1, 0.15) is 0 Å². The van der Waals surface area contributed by atoms with Crippen molar-refractivity contribution in [3.8, 4) is 0 Å². The minimum absolute atomic E-state index is 0.256. The molecule has 0 unspecified atom stereocenters. The smallest absolute Gasteiger partial charge is 0.0984 e. The molecule has 0 aliphatic heterocycles. The van der Waals surface area contributed by atoms with Gasteiger partial charge >= 0.3 is 0 Å². The summed E-state index contributed by atoms with van der Waals surface area (Å²) in [6.45, 7) is -0.256. The summed E-state index contributed by atoms with van der Waals surface area (Å²) in [7, 11) is 0. The minimum Gasteiger partial charge on any atom is -0.250 e. The van der Waals surface area contributed by atoms with E-state index >= 15 is 0 Å². The molecule has 0 aromatic rings. The third-order valence-electron chi connectivity index (χ3n) is 0.221. The highest BCUT2D eigenvalue weighted by atomic mass is 32.2. The zero-order chi connectivity index (χ0) is 4.12. The first-order chi connectivity index (χ1) is 2.41. The molecule has 2 heteroatoms. The lowest BCUT2D eigenvalue weighted by molar-refractivity contribution is 0.533. The van der Waals surface area contributed by atoms with Gasteiger partial charge in [0.25, 0.3) is 0 Å². The molecule has 5 heavy (non-hydrogen) atoms. The molecule has 0 saturated carbocycles. The van der Waals surface area contributed by atoms with E-state index in [2.05, 4.69) is 6.26 Å². The first-order valence-electron chi connectivity index (χ1n) is 1.34. The molecule has 0 aromatic carbocycles. The summed E-state index contributed by atoms with van der Waals surface area (Å²) in [5.74, 6) is 0.528. The van der Waals surface area contributed by atoms with Gasteiger partial charge in [-0.25, -0.2) is 0 Å². The summed E-state index contributed by atoms with van der Waals surface area (Å²) in [4.78, 5) is 0. The molecule has 31 valence electrons. The number of alkyl halides is 1. The Kier molecular flexibility index (Phi) is 4.52. The van der Waals surface area contributed by atoms with Crippen LogP contribution >= 0.6 is 11.8 Å². The van der Waals surface area contributed by atoms with Crippen molar-refractivity contribution >= 4 is 11.8 Å². The molecule has 0 amide bonds. The molecule has 0 aromatic heterocycles. The maximum atomic E-state index is 10.9. The monoisotopic (exact) mass is 93.0 g/mol. The Labute approximate surface area is 35.8 Å². The zero-order valence-corrected chi connectivity index (χ0v) is 3.72. The second kappa shape index (κ2) is 4.28. The van der Waals surface area contributed by atoms with Gasteiger partial charge in [0.2, 0.25) is 0 Å². The van der Waals surface area contributed by atoms with Gasteiger partial charge in [-0.05, 0) is 0 Å². The standard InChI is InChI=1S/C3H6FS/c1-5-3-2-4/h1-3H2. The van der Waals surface area contributed by atoms with Crippen LogP contribution in [0, 0.1) is 6.26 Å². The number of hydrogen-bond acceptors (Lipinski definition) is 1. The van der Waals surface area contributed by atoms with Gasteiger partial charge in [-0.2, -0.15) is 11.8 Å². The second-order valence-corrected chi connectivity index (χ2v) is 1.41. The van der Waals surface area contributed by atoms with E-state index in [9.17, 15) is 4.39 Å². The van der Waals surface area contributed by atoms with Gasteiger partial charge in [-0.15, -0.1) is 0 Å². The lowest BCUT2D eigenvalue weighted by Gasteiger charge is -1.77. The average Bonchev–Trinajstić information content (AvgIpc) is 1.41. The zero-order valence-electron chi connectivity index (χ0n) is 2.91. The van der Waals surface area contributed by atoms with Gasteiger partial charge in [-0.1, -0.05) is 0 Å². The Hall–Kier alpha value is 0.280. The molecule has 0 spiro atoms. The lowest BCUT2D eigenvalue weighted by atomic mass is 10.9. The minimum atomic E-state index is -0.256. The van der Waals surface area contributed by atoms with Crippen LogP contribution in [-0.2, 0) is 0 Å². The molecule has 0 nitrogen and oxygen atoms in total. The number of hydrogen-bond donors (Lipinski definition) is 0. The van der Waals surface area contributed by atoms with Crippen LogP contribution in [0.2, 0.25) is 0 Å². The second-order valence-electron chi connectivity index (χ2n) is 0.597. The van der Waals surface area contributed by atoms with Crippen molar-refractivity contribution in [1.82, 2.24) is 0 Å². The first-order valence-corrected chi connectivity index (χ1v) is 2.50. The summed E-state index contributed by atoms with van der Waals surface area (Å²) in [6, 6.07) is 0. The van der Waals surface area contributed by atoms with E-state index < -0.39 is 0 Å². The predicted molar refractivity (Wildman–Crippen MR) is 23.8 cm³/mol. The van der Waals surface area contributed by atoms with Crippen molar-refractivity contribution in [2.24, 2.45) is 0 Å². The van der Waals surface area contributed by atoms with Gasteiger partial charge in [0, 0.05) is 12.0 Å². The molecule has 0 saturated heterocycles. The fraction of sp³-hybridized carbons (Fsp3) is 0.667. The van der Waals surface area contributed by atoms with Crippen LogP contribution < -0.4 is 0 Å². The largest absolute Gasteiger partial charge is 0.250 e. The fourth-order valence-corrected chi connectivity index (χ4v) is 0.164. The average molecular weight is 93.1 g/mol. The Bertz CT molecular complexity index is 14.4. The van der Waals surface area contributed by atoms with Crippen molar-refractivity contribution in [1.29, 1.82) is 0 Å². The van der Waals surface area contributed by atoms with Crippen LogP contribution in [0.4, 0.5) is 4.39 Å². The van der Waals surface area contributed by atoms with E-state index in [1.165, 1.54) is 11.8 Å². The van der Waals surface area contributed by atoms with Gasteiger partial charge < -0.3 is 0 Å². The maximum Gasteiger partial charge on any atom is 0.0984 e. The maximum absolute atomic E-state index is 10.9. The quantitative estimate of drug-likeness (QED) is 0.498. The summed E-state index contributed by atoms with van der Waals surface area (Å²) in [5.41, 5.74) is 0. The van der Waals surface area contributed by atoms with Crippen molar-refractivity contribution in [3.63, 3.8) is 0 Å². The van der Waals surface area contributed by atoms with Crippen LogP contribution in [0.3, 0.4) is 0 Å². The molecular formula is C3H6FS. The fourth-order valence-electron chi connectivity index (χ4n) is 0.0546. The van der Waals surface area contributed by atoms with Crippen LogP contribution in [-0.4, -0.2) is 12.4 Å². The normalized spacial score (nSPS) is 8.40. The SMILES string of the molecule is [CH2]SCCF. The molecule has 0 heterocycles. The van der Waals surface area contributed by atoms with E-state index in [0.717, 1.165) is 0 Å². The van der Waals surface area contributed by atoms with Crippen molar-refractivity contribution in [2.75, 3.05) is 12.4 Å². The van der Waals surface area contributed by atoms with Crippen molar-refractivity contribution in [3.05, 3.63) is 6.26 Å². The van der Waals surface area contributed by atoms with Gasteiger partial charge in [0.1, 0.15) is 0 Å². The van der Waals surface area contributed by atoms with E-state index in [4.69, 9.17) is 0 Å². The van der Waals surface area contributed by atoms with E-state index in [-0.39, 0.29) is 6.67 Å². The molecule has 1 radical (unpaired) electrons. The molecule has 0 N–H and O–H groups in total. The topological polar surface area (TPSA) is 0 Å². The molecule has 0 aliphatic carbocycles. The van der Waals surface area contributed by atoms with Crippen LogP contribution in [0.15, 0.2) is 0 Å². The van der Waals surface area contributed by atoms with Crippen molar-refractivity contribution in [2.45, 2.75) is 0 Å². The number of rotatable bonds is 2. The molecule has 0 bridgehead atoms. The summed E-state index contributed by atoms with van der Waals surface area (Å²) < 4.78 is 10.9. The van der Waals surface area contributed by atoms with Crippen molar-refractivity contribution < 1.29 is 4.39 Å².